The van der Waals surface area contributed by atoms with Crippen molar-refractivity contribution in [2.45, 2.75) is 13.1 Å². The van der Waals surface area contributed by atoms with E-state index in [4.69, 9.17) is 5.73 Å². The molecule has 0 fully saturated rings. The average Bonchev–Trinajstić information content (AvgIpc) is 2.27. The van der Waals surface area contributed by atoms with Gasteiger partial charge in [0.1, 0.15) is 0 Å². The van der Waals surface area contributed by atoms with E-state index < -0.39 is 23.6 Å². The van der Waals surface area contributed by atoms with Gasteiger partial charge >= 0.3 is 6.18 Å². The second-order valence-corrected chi connectivity index (χ2v) is 4.13. The van der Waals surface area contributed by atoms with Gasteiger partial charge in [-0.25, -0.2) is 0 Å². The van der Waals surface area contributed by atoms with Crippen LogP contribution in [0, 0.1) is 5.92 Å². The SMILES string of the molecule is CC(C(=O)Nc1ccccc1C(F)(F)F)C(N)=S. The lowest BCUT2D eigenvalue weighted by Gasteiger charge is -2.15. The van der Waals surface area contributed by atoms with Gasteiger partial charge in [0.2, 0.25) is 5.91 Å². The van der Waals surface area contributed by atoms with Gasteiger partial charge in [0.05, 0.1) is 22.2 Å². The third kappa shape index (κ3) is 3.43. The molecule has 0 aliphatic rings. The first-order valence-electron chi connectivity index (χ1n) is 5.00. The van der Waals surface area contributed by atoms with Crippen LogP contribution in [0.25, 0.3) is 0 Å². The molecule has 3 N–H and O–H groups in total. The maximum Gasteiger partial charge on any atom is 0.418 e. The highest BCUT2D eigenvalue weighted by Gasteiger charge is 2.33. The summed E-state index contributed by atoms with van der Waals surface area (Å²) in [6.07, 6.45) is -4.53. The zero-order chi connectivity index (χ0) is 13.9. The molecule has 1 unspecified atom stereocenters. The standard InChI is InChI=1S/C11H11F3N2OS/c1-6(9(15)18)10(17)16-8-5-3-2-4-7(8)11(12,13)14/h2-6H,1H3,(H2,15,18)(H,16,17). The Bertz CT molecular complexity index is 474. The largest absolute Gasteiger partial charge is 0.418 e. The molecule has 0 spiro atoms. The van der Waals surface area contributed by atoms with E-state index in [0.717, 1.165) is 6.07 Å². The van der Waals surface area contributed by atoms with Crippen LogP contribution in [0.2, 0.25) is 0 Å². The molecule has 0 radical (unpaired) electrons. The Balaban J connectivity index is 2.99. The first kappa shape index (κ1) is 14.4. The average molecular weight is 276 g/mol. The lowest BCUT2D eigenvalue weighted by atomic mass is 10.1. The van der Waals surface area contributed by atoms with Gasteiger partial charge in [-0.2, -0.15) is 13.2 Å². The van der Waals surface area contributed by atoms with E-state index >= 15 is 0 Å². The molecule has 18 heavy (non-hydrogen) atoms. The fraction of sp³-hybridized carbons (Fsp3) is 0.273. The maximum atomic E-state index is 12.7. The fourth-order valence-electron chi connectivity index (χ4n) is 1.21. The third-order valence-corrected chi connectivity index (χ3v) is 2.66. The molecule has 0 aliphatic heterocycles. The van der Waals surface area contributed by atoms with Crippen molar-refractivity contribution in [3.8, 4) is 0 Å². The van der Waals surface area contributed by atoms with Crippen LogP contribution in [-0.4, -0.2) is 10.9 Å². The number of hydrogen-bond donors (Lipinski definition) is 2. The molecule has 0 bridgehead atoms. The van der Waals surface area contributed by atoms with Gasteiger partial charge in [-0.15, -0.1) is 0 Å². The number of nitrogens with two attached hydrogens (primary N) is 1. The van der Waals surface area contributed by atoms with Gasteiger partial charge in [-0.3, -0.25) is 4.79 Å². The summed E-state index contributed by atoms with van der Waals surface area (Å²) in [5.74, 6) is -1.50. The predicted molar refractivity (Wildman–Crippen MR) is 66.0 cm³/mol. The lowest BCUT2D eigenvalue weighted by molar-refractivity contribution is -0.137. The zero-order valence-electron chi connectivity index (χ0n) is 9.41. The summed E-state index contributed by atoms with van der Waals surface area (Å²) in [5.41, 5.74) is 4.05. The monoisotopic (exact) mass is 276 g/mol. The maximum absolute atomic E-state index is 12.7. The Labute approximate surface area is 107 Å². The molecule has 0 saturated carbocycles. The van der Waals surface area contributed by atoms with E-state index in [1.165, 1.54) is 25.1 Å². The summed E-state index contributed by atoms with van der Waals surface area (Å²) in [5, 5.41) is 2.17. The van der Waals surface area contributed by atoms with Crippen molar-refractivity contribution in [3.63, 3.8) is 0 Å². The van der Waals surface area contributed by atoms with Crippen molar-refractivity contribution >= 4 is 28.8 Å². The number of rotatable bonds is 3. The first-order valence-corrected chi connectivity index (χ1v) is 5.40. The van der Waals surface area contributed by atoms with Crippen molar-refractivity contribution in [1.29, 1.82) is 0 Å². The topological polar surface area (TPSA) is 55.1 Å². The number of thiocarbonyl (C=S) groups is 1. The minimum Gasteiger partial charge on any atom is -0.393 e. The minimum absolute atomic E-state index is 0.0722. The molecule has 1 amide bonds. The van der Waals surface area contributed by atoms with Crippen LogP contribution in [0.15, 0.2) is 24.3 Å². The molecule has 3 nitrogen and oxygen atoms in total. The number of benzene rings is 1. The summed E-state index contributed by atoms with van der Waals surface area (Å²) in [6.45, 7) is 1.42. The van der Waals surface area contributed by atoms with Gasteiger partial charge in [0.15, 0.2) is 0 Å². The third-order valence-electron chi connectivity index (χ3n) is 2.31. The lowest BCUT2D eigenvalue weighted by Crippen LogP contribution is -2.31. The van der Waals surface area contributed by atoms with Crippen LogP contribution in [-0.2, 0) is 11.0 Å². The highest BCUT2D eigenvalue weighted by Crippen LogP contribution is 2.34. The van der Waals surface area contributed by atoms with E-state index in [0.29, 0.717) is 0 Å². The van der Waals surface area contributed by atoms with Gasteiger partial charge < -0.3 is 11.1 Å². The number of para-hydroxylation sites is 1. The fourth-order valence-corrected chi connectivity index (χ4v) is 1.32. The smallest absolute Gasteiger partial charge is 0.393 e. The number of amides is 1. The van der Waals surface area contributed by atoms with Gasteiger partial charge in [0.25, 0.3) is 0 Å². The Hall–Kier alpha value is -1.63. The van der Waals surface area contributed by atoms with Crippen molar-refractivity contribution in [2.75, 3.05) is 5.32 Å². The van der Waals surface area contributed by atoms with Crippen molar-refractivity contribution in [1.82, 2.24) is 0 Å². The highest BCUT2D eigenvalue weighted by atomic mass is 32.1. The molecular formula is C11H11F3N2OS. The number of carbonyl (C=O) groups excluding carboxylic acids is 1. The summed E-state index contributed by atoms with van der Waals surface area (Å²) < 4.78 is 38.0. The predicted octanol–water partition coefficient (Wildman–Crippen LogP) is 2.57. The van der Waals surface area contributed by atoms with Crippen LogP contribution in [0.1, 0.15) is 12.5 Å². The van der Waals surface area contributed by atoms with Gasteiger partial charge in [-0.05, 0) is 19.1 Å². The Morgan fingerprint density at radius 1 is 1.39 bits per heavy atom. The first-order chi connectivity index (χ1) is 8.23. The van der Waals surface area contributed by atoms with Crippen molar-refractivity contribution in [3.05, 3.63) is 29.8 Å². The Morgan fingerprint density at radius 2 is 1.94 bits per heavy atom. The molecular weight excluding hydrogens is 265 g/mol. The molecule has 98 valence electrons. The second kappa shape index (κ2) is 5.34. The van der Waals surface area contributed by atoms with Gasteiger partial charge in [0, 0.05) is 0 Å². The van der Waals surface area contributed by atoms with Crippen LogP contribution < -0.4 is 11.1 Å². The van der Waals surface area contributed by atoms with E-state index in [1.807, 2.05) is 0 Å². The number of carbonyl (C=O) groups is 1. The molecule has 0 aliphatic carbocycles. The molecule has 1 rings (SSSR count). The van der Waals surface area contributed by atoms with Crippen LogP contribution in [0.4, 0.5) is 18.9 Å². The normalized spacial score (nSPS) is 12.9. The number of hydrogen-bond acceptors (Lipinski definition) is 2. The number of nitrogens with one attached hydrogen (secondary N) is 1. The van der Waals surface area contributed by atoms with E-state index in [1.54, 1.807) is 0 Å². The molecule has 1 aromatic rings. The van der Waals surface area contributed by atoms with Crippen LogP contribution in [0.5, 0.6) is 0 Å². The number of halogens is 3. The van der Waals surface area contributed by atoms with E-state index in [2.05, 4.69) is 17.5 Å². The van der Waals surface area contributed by atoms with Crippen LogP contribution in [0.3, 0.4) is 0 Å². The molecule has 1 aromatic carbocycles. The molecule has 1 atom stereocenters. The molecule has 0 saturated heterocycles. The number of anilines is 1. The Kier molecular flexibility index (Phi) is 4.28. The summed E-state index contributed by atoms with van der Waals surface area (Å²) in [7, 11) is 0. The summed E-state index contributed by atoms with van der Waals surface area (Å²) >= 11 is 4.61. The zero-order valence-corrected chi connectivity index (χ0v) is 10.2. The number of alkyl halides is 3. The second-order valence-electron chi connectivity index (χ2n) is 3.66. The van der Waals surface area contributed by atoms with Gasteiger partial charge in [-0.1, -0.05) is 24.4 Å². The quantitative estimate of drug-likeness (QED) is 0.834. The summed E-state index contributed by atoms with van der Waals surface area (Å²) in [6, 6.07) is 4.71. The van der Waals surface area contributed by atoms with Crippen molar-refractivity contribution in [2.24, 2.45) is 11.7 Å². The van der Waals surface area contributed by atoms with E-state index in [9.17, 15) is 18.0 Å². The molecule has 0 heterocycles. The van der Waals surface area contributed by atoms with Crippen molar-refractivity contribution < 1.29 is 18.0 Å². The molecule has 0 aromatic heterocycles. The minimum atomic E-state index is -4.53. The summed E-state index contributed by atoms with van der Waals surface area (Å²) in [4.78, 5) is 11.5. The Morgan fingerprint density at radius 3 is 2.44 bits per heavy atom. The highest BCUT2D eigenvalue weighted by molar-refractivity contribution is 7.80. The van der Waals surface area contributed by atoms with Crippen LogP contribution >= 0.6 is 12.2 Å². The molecule has 7 heteroatoms. The van der Waals surface area contributed by atoms with E-state index in [-0.39, 0.29) is 10.7 Å².